The Morgan fingerprint density at radius 1 is 1.21 bits per heavy atom. The second kappa shape index (κ2) is 6.13. The second-order valence-electron chi connectivity index (χ2n) is 7.58. The number of nitrogens with zero attached hydrogens (tertiary/aromatic N) is 1. The SMILES string of the molecule is CC(C)C1CCCC(CN)(N2CCCC(C)C2C)C1. The van der Waals surface area contributed by atoms with E-state index in [0.717, 1.165) is 24.3 Å². The van der Waals surface area contributed by atoms with Crippen LogP contribution in [-0.2, 0) is 0 Å². The van der Waals surface area contributed by atoms with Gasteiger partial charge in [0.25, 0.3) is 0 Å². The van der Waals surface area contributed by atoms with Gasteiger partial charge in [-0.05, 0) is 56.9 Å². The largest absolute Gasteiger partial charge is 0.329 e. The third kappa shape index (κ3) is 3.00. The van der Waals surface area contributed by atoms with Crippen molar-refractivity contribution in [2.75, 3.05) is 13.1 Å². The first-order chi connectivity index (χ1) is 9.00. The lowest BCUT2D eigenvalue weighted by Crippen LogP contribution is -2.62. The molecule has 1 aliphatic heterocycles. The molecule has 0 aromatic heterocycles. The molecular weight excluding hydrogens is 232 g/mol. The molecule has 2 nitrogen and oxygen atoms in total. The van der Waals surface area contributed by atoms with Crippen LogP contribution in [0.15, 0.2) is 0 Å². The molecule has 1 saturated carbocycles. The van der Waals surface area contributed by atoms with E-state index in [1.54, 1.807) is 0 Å². The van der Waals surface area contributed by atoms with E-state index in [-0.39, 0.29) is 0 Å². The van der Waals surface area contributed by atoms with Crippen LogP contribution in [0.25, 0.3) is 0 Å². The fraction of sp³-hybridized carbons (Fsp3) is 1.00. The molecule has 0 spiro atoms. The lowest BCUT2D eigenvalue weighted by atomic mass is 9.69. The number of hydrogen-bond donors (Lipinski definition) is 1. The zero-order valence-electron chi connectivity index (χ0n) is 13.5. The van der Waals surface area contributed by atoms with Crippen LogP contribution in [0.3, 0.4) is 0 Å². The predicted molar refractivity (Wildman–Crippen MR) is 83.1 cm³/mol. The molecule has 1 aliphatic carbocycles. The fourth-order valence-corrected chi connectivity index (χ4v) is 4.52. The number of hydrogen-bond acceptors (Lipinski definition) is 2. The molecule has 2 fully saturated rings. The normalized spacial score (nSPS) is 41.7. The molecule has 0 amide bonds. The van der Waals surface area contributed by atoms with Gasteiger partial charge in [-0.15, -0.1) is 0 Å². The van der Waals surface area contributed by atoms with Gasteiger partial charge in [0, 0.05) is 18.1 Å². The van der Waals surface area contributed by atoms with E-state index in [0.29, 0.717) is 11.6 Å². The Kier molecular flexibility index (Phi) is 4.94. The lowest BCUT2D eigenvalue weighted by molar-refractivity contribution is -0.0350. The van der Waals surface area contributed by atoms with E-state index >= 15 is 0 Å². The summed E-state index contributed by atoms with van der Waals surface area (Å²) in [6.07, 6.45) is 8.20. The average molecular weight is 266 g/mol. The van der Waals surface area contributed by atoms with E-state index in [2.05, 4.69) is 32.6 Å². The Hall–Kier alpha value is -0.0800. The van der Waals surface area contributed by atoms with Crippen LogP contribution < -0.4 is 5.73 Å². The molecule has 1 heterocycles. The molecule has 0 aromatic rings. The third-order valence-corrected chi connectivity index (χ3v) is 6.16. The third-order valence-electron chi connectivity index (χ3n) is 6.16. The molecule has 112 valence electrons. The number of likely N-dealkylation sites (tertiary alicyclic amines) is 1. The summed E-state index contributed by atoms with van der Waals surface area (Å²) in [5.41, 5.74) is 6.60. The van der Waals surface area contributed by atoms with E-state index in [4.69, 9.17) is 5.73 Å². The van der Waals surface area contributed by atoms with Gasteiger partial charge in [0.15, 0.2) is 0 Å². The Balaban J connectivity index is 2.16. The van der Waals surface area contributed by atoms with Crippen LogP contribution in [0.5, 0.6) is 0 Å². The molecular formula is C17H34N2. The minimum Gasteiger partial charge on any atom is -0.329 e. The quantitative estimate of drug-likeness (QED) is 0.845. The average Bonchev–Trinajstić information content (AvgIpc) is 2.41. The van der Waals surface area contributed by atoms with Gasteiger partial charge in [-0.25, -0.2) is 0 Å². The van der Waals surface area contributed by atoms with Crippen molar-refractivity contribution in [1.82, 2.24) is 4.90 Å². The maximum Gasteiger partial charge on any atom is 0.0337 e. The van der Waals surface area contributed by atoms with Gasteiger partial charge in [-0.1, -0.05) is 33.6 Å². The molecule has 4 unspecified atom stereocenters. The van der Waals surface area contributed by atoms with Gasteiger partial charge in [0.1, 0.15) is 0 Å². The Labute approximate surface area is 120 Å². The van der Waals surface area contributed by atoms with E-state index in [1.807, 2.05) is 0 Å². The molecule has 0 aromatic carbocycles. The summed E-state index contributed by atoms with van der Waals surface area (Å²) in [5.74, 6) is 2.52. The van der Waals surface area contributed by atoms with Crippen molar-refractivity contribution >= 4 is 0 Å². The first-order valence-corrected chi connectivity index (χ1v) is 8.47. The maximum absolute atomic E-state index is 6.30. The van der Waals surface area contributed by atoms with Gasteiger partial charge >= 0.3 is 0 Å². The zero-order valence-corrected chi connectivity index (χ0v) is 13.5. The van der Waals surface area contributed by atoms with E-state index in [9.17, 15) is 0 Å². The van der Waals surface area contributed by atoms with Crippen LogP contribution in [0.2, 0.25) is 0 Å². The van der Waals surface area contributed by atoms with Crippen molar-refractivity contribution in [3.05, 3.63) is 0 Å². The minimum atomic E-state index is 0.307. The second-order valence-corrected chi connectivity index (χ2v) is 7.58. The summed E-state index contributed by atoms with van der Waals surface area (Å²) < 4.78 is 0. The lowest BCUT2D eigenvalue weighted by Gasteiger charge is -2.54. The predicted octanol–water partition coefficient (Wildman–Crippen LogP) is 3.65. The minimum absolute atomic E-state index is 0.307. The summed E-state index contributed by atoms with van der Waals surface area (Å²) in [6.45, 7) is 11.8. The molecule has 4 atom stereocenters. The number of rotatable bonds is 3. The monoisotopic (exact) mass is 266 g/mol. The summed E-state index contributed by atoms with van der Waals surface area (Å²) in [6, 6.07) is 0.711. The smallest absolute Gasteiger partial charge is 0.0337 e. The van der Waals surface area contributed by atoms with Crippen molar-refractivity contribution in [3.63, 3.8) is 0 Å². The highest BCUT2D eigenvalue weighted by molar-refractivity contribution is 5.00. The van der Waals surface area contributed by atoms with Gasteiger partial charge in [0.2, 0.25) is 0 Å². The van der Waals surface area contributed by atoms with Crippen molar-refractivity contribution in [2.45, 2.75) is 77.8 Å². The molecule has 1 saturated heterocycles. The molecule has 2 rings (SSSR count). The fourth-order valence-electron chi connectivity index (χ4n) is 4.52. The van der Waals surface area contributed by atoms with Gasteiger partial charge in [-0.3, -0.25) is 4.90 Å². The Bertz CT molecular complexity index is 289. The Morgan fingerprint density at radius 2 is 1.95 bits per heavy atom. The van der Waals surface area contributed by atoms with Gasteiger partial charge in [0.05, 0.1) is 0 Å². The summed E-state index contributed by atoms with van der Waals surface area (Å²) >= 11 is 0. The highest BCUT2D eigenvalue weighted by Crippen LogP contribution is 2.42. The van der Waals surface area contributed by atoms with Crippen molar-refractivity contribution in [3.8, 4) is 0 Å². The van der Waals surface area contributed by atoms with Gasteiger partial charge in [-0.2, -0.15) is 0 Å². The van der Waals surface area contributed by atoms with Crippen molar-refractivity contribution in [1.29, 1.82) is 0 Å². The van der Waals surface area contributed by atoms with Crippen LogP contribution >= 0.6 is 0 Å². The summed E-state index contributed by atoms with van der Waals surface area (Å²) in [4.78, 5) is 2.80. The molecule has 0 bridgehead atoms. The Morgan fingerprint density at radius 3 is 2.58 bits per heavy atom. The van der Waals surface area contributed by atoms with Crippen molar-refractivity contribution < 1.29 is 0 Å². The van der Waals surface area contributed by atoms with Gasteiger partial charge < -0.3 is 5.73 Å². The molecule has 19 heavy (non-hydrogen) atoms. The highest BCUT2D eigenvalue weighted by Gasteiger charge is 2.44. The van der Waals surface area contributed by atoms with Crippen LogP contribution in [-0.4, -0.2) is 29.6 Å². The van der Waals surface area contributed by atoms with E-state index in [1.165, 1.54) is 45.1 Å². The topological polar surface area (TPSA) is 29.3 Å². The number of nitrogens with two attached hydrogens (primary N) is 1. The van der Waals surface area contributed by atoms with Crippen LogP contribution in [0.1, 0.15) is 66.2 Å². The highest BCUT2D eigenvalue weighted by atomic mass is 15.2. The summed E-state index contributed by atoms with van der Waals surface area (Å²) in [5, 5.41) is 0. The maximum atomic E-state index is 6.30. The van der Waals surface area contributed by atoms with E-state index < -0.39 is 0 Å². The zero-order chi connectivity index (χ0) is 14.0. The van der Waals surface area contributed by atoms with Crippen molar-refractivity contribution in [2.24, 2.45) is 23.5 Å². The summed E-state index contributed by atoms with van der Waals surface area (Å²) in [7, 11) is 0. The number of piperidine rings is 1. The molecule has 2 aliphatic rings. The standard InChI is InChI=1S/C17H34N2/c1-13(2)16-8-5-9-17(11-16,12-18)19-10-6-7-14(3)15(19)4/h13-16H,5-12,18H2,1-4H3. The molecule has 2 N–H and O–H groups in total. The first kappa shape index (κ1) is 15.3. The first-order valence-electron chi connectivity index (χ1n) is 8.47. The van der Waals surface area contributed by atoms with Crippen LogP contribution in [0.4, 0.5) is 0 Å². The van der Waals surface area contributed by atoms with Crippen LogP contribution in [0, 0.1) is 17.8 Å². The molecule has 0 radical (unpaired) electrons. The molecule has 2 heteroatoms.